The van der Waals surface area contributed by atoms with E-state index in [1.807, 2.05) is 0 Å². The standard InChI is InChI=1S/C12H15N3O4/c1-19-12(18)8-5-6-10(14-13-8)15-7-3-2-4-9(15)11(16)17/h5-6,9H,2-4,7H2,1H3,(H,16,17). The molecule has 7 heteroatoms. The summed E-state index contributed by atoms with van der Waals surface area (Å²) in [5.74, 6) is -0.953. The van der Waals surface area contributed by atoms with Crippen LogP contribution in [0.25, 0.3) is 0 Å². The molecule has 1 unspecified atom stereocenters. The van der Waals surface area contributed by atoms with E-state index in [4.69, 9.17) is 0 Å². The molecule has 0 radical (unpaired) electrons. The van der Waals surface area contributed by atoms with Crippen molar-refractivity contribution in [2.45, 2.75) is 25.3 Å². The molecule has 19 heavy (non-hydrogen) atoms. The third-order valence-electron chi connectivity index (χ3n) is 3.13. The fourth-order valence-electron chi connectivity index (χ4n) is 2.15. The van der Waals surface area contributed by atoms with E-state index in [1.54, 1.807) is 11.0 Å². The zero-order valence-corrected chi connectivity index (χ0v) is 10.6. The maximum absolute atomic E-state index is 11.2. The predicted octanol–water partition coefficient (Wildman–Crippen LogP) is 0.707. The first kappa shape index (κ1) is 13.3. The van der Waals surface area contributed by atoms with Crippen molar-refractivity contribution in [1.82, 2.24) is 10.2 Å². The minimum atomic E-state index is -0.862. The number of carboxylic acids is 1. The SMILES string of the molecule is COC(=O)c1ccc(N2CCCCC2C(=O)O)nn1. The van der Waals surface area contributed by atoms with Gasteiger partial charge in [0.05, 0.1) is 7.11 Å². The van der Waals surface area contributed by atoms with Crippen LogP contribution < -0.4 is 4.90 Å². The molecular formula is C12H15N3O4. The monoisotopic (exact) mass is 265 g/mol. The molecular weight excluding hydrogens is 250 g/mol. The molecule has 1 N–H and O–H groups in total. The third-order valence-corrected chi connectivity index (χ3v) is 3.13. The minimum Gasteiger partial charge on any atom is -0.480 e. The van der Waals surface area contributed by atoms with Gasteiger partial charge < -0.3 is 14.7 Å². The lowest BCUT2D eigenvalue weighted by atomic mass is 10.0. The Morgan fingerprint density at radius 2 is 2.16 bits per heavy atom. The summed E-state index contributed by atoms with van der Waals surface area (Å²) in [6, 6.07) is 2.51. The molecule has 7 nitrogen and oxygen atoms in total. The van der Waals surface area contributed by atoms with Crippen molar-refractivity contribution in [2.75, 3.05) is 18.6 Å². The molecule has 2 rings (SSSR count). The topological polar surface area (TPSA) is 92.6 Å². The molecule has 0 aromatic carbocycles. The van der Waals surface area contributed by atoms with Gasteiger partial charge in [-0.3, -0.25) is 0 Å². The fourth-order valence-corrected chi connectivity index (χ4v) is 2.15. The van der Waals surface area contributed by atoms with E-state index < -0.39 is 18.0 Å². The highest BCUT2D eigenvalue weighted by atomic mass is 16.5. The van der Waals surface area contributed by atoms with Gasteiger partial charge >= 0.3 is 11.9 Å². The number of aromatic nitrogens is 2. The van der Waals surface area contributed by atoms with E-state index in [9.17, 15) is 14.7 Å². The van der Waals surface area contributed by atoms with Gasteiger partial charge in [0.25, 0.3) is 0 Å². The van der Waals surface area contributed by atoms with Crippen LogP contribution in [-0.4, -0.2) is 46.9 Å². The molecule has 1 saturated heterocycles. The summed E-state index contributed by atoms with van der Waals surface area (Å²) in [5, 5.41) is 16.9. The Morgan fingerprint density at radius 3 is 2.74 bits per heavy atom. The van der Waals surface area contributed by atoms with Gasteiger partial charge in [0.1, 0.15) is 6.04 Å². The normalized spacial score (nSPS) is 19.0. The van der Waals surface area contributed by atoms with Crippen molar-refractivity contribution in [2.24, 2.45) is 0 Å². The first-order chi connectivity index (χ1) is 9.13. The van der Waals surface area contributed by atoms with Crippen LogP contribution in [0.5, 0.6) is 0 Å². The summed E-state index contributed by atoms with van der Waals surface area (Å²) in [5.41, 5.74) is 0.107. The summed E-state index contributed by atoms with van der Waals surface area (Å²) in [4.78, 5) is 24.1. The Labute approximate surface area is 110 Å². The fraction of sp³-hybridized carbons (Fsp3) is 0.500. The Kier molecular flexibility index (Phi) is 3.94. The molecule has 102 valence electrons. The highest BCUT2D eigenvalue weighted by molar-refractivity contribution is 5.87. The van der Waals surface area contributed by atoms with E-state index in [0.29, 0.717) is 18.8 Å². The Balaban J connectivity index is 2.20. The number of hydrogen-bond donors (Lipinski definition) is 1. The Morgan fingerprint density at radius 1 is 1.37 bits per heavy atom. The number of anilines is 1. The van der Waals surface area contributed by atoms with E-state index >= 15 is 0 Å². The summed E-state index contributed by atoms with van der Waals surface area (Å²) < 4.78 is 4.53. The maximum Gasteiger partial charge on any atom is 0.358 e. The largest absolute Gasteiger partial charge is 0.480 e. The average Bonchev–Trinajstić information content (AvgIpc) is 2.46. The van der Waals surface area contributed by atoms with Crippen LogP contribution in [0.4, 0.5) is 5.82 Å². The molecule has 0 bridgehead atoms. The van der Waals surface area contributed by atoms with Gasteiger partial charge in [-0.05, 0) is 31.4 Å². The number of carbonyl (C=O) groups excluding carboxylic acids is 1. The van der Waals surface area contributed by atoms with Crippen LogP contribution in [0.15, 0.2) is 12.1 Å². The smallest absolute Gasteiger partial charge is 0.358 e. The number of carbonyl (C=O) groups is 2. The number of nitrogens with zero attached hydrogens (tertiary/aromatic N) is 3. The van der Waals surface area contributed by atoms with Crippen molar-refractivity contribution < 1.29 is 19.4 Å². The lowest BCUT2D eigenvalue weighted by molar-refractivity contribution is -0.139. The molecule has 0 amide bonds. The quantitative estimate of drug-likeness (QED) is 0.804. The number of esters is 1. The van der Waals surface area contributed by atoms with Gasteiger partial charge in [-0.25, -0.2) is 9.59 Å². The molecule has 2 heterocycles. The lowest BCUT2D eigenvalue weighted by Gasteiger charge is -2.33. The lowest BCUT2D eigenvalue weighted by Crippen LogP contribution is -2.45. The van der Waals surface area contributed by atoms with Crippen molar-refractivity contribution >= 4 is 17.8 Å². The molecule has 1 aliphatic heterocycles. The number of carboxylic acid groups (broad SMARTS) is 1. The summed E-state index contributed by atoms with van der Waals surface area (Å²) in [6.45, 7) is 0.628. The van der Waals surface area contributed by atoms with Gasteiger partial charge in [0.2, 0.25) is 0 Å². The van der Waals surface area contributed by atoms with Gasteiger partial charge in [0, 0.05) is 6.54 Å². The highest BCUT2D eigenvalue weighted by Gasteiger charge is 2.29. The van der Waals surface area contributed by atoms with Gasteiger partial charge in [-0.2, -0.15) is 0 Å². The Bertz CT molecular complexity index is 474. The average molecular weight is 265 g/mol. The van der Waals surface area contributed by atoms with Crippen molar-refractivity contribution in [3.05, 3.63) is 17.8 Å². The zero-order chi connectivity index (χ0) is 13.8. The molecule has 0 spiro atoms. The predicted molar refractivity (Wildman–Crippen MR) is 66.0 cm³/mol. The number of aliphatic carboxylic acids is 1. The number of methoxy groups -OCH3 is 1. The minimum absolute atomic E-state index is 0.107. The third kappa shape index (κ3) is 2.81. The second-order valence-corrected chi connectivity index (χ2v) is 4.31. The van der Waals surface area contributed by atoms with Crippen LogP contribution in [0.1, 0.15) is 29.8 Å². The summed E-state index contributed by atoms with van der Waals surface area (Å²) in [6.07, 6.45) is 2.40. The molecule has 1 fully saturated rings. The molecule has 1 aliphatic rings. The van der Waals surface area contributed by atoms with Crippen molar-refractivity contribution in [3.63, 3.8) is 0 Å². The van der Waals surface area contributed by atoms with Crippen LogP contribution in [0, 0.1) is 0 Å². The van der Waals surface area contributed by atoms with E-state index in [0.717, 1.165) is 12.8 Å². The molecule has 0 aliphatic carbocycles. The molecule has 1 aromatic rings. The van der Waals surface area contributed by atoms with E-state index in [2.05, 4.69) is 14.9 Å². The second-order valence-electron chi connectivity index (χ2n) is 4.31. The zero-order valence-electron chi connectivity index (χ0n) is 10.6. The number of rotatable bonds is 3. The summed E-state index contributed by atoms with van der Waals surface area (Å²) >= 11 is 0. The van der Waals surface area contributed by atoms with Crippen molar-refractivity contribution in [3.8, 4) is 0 Å². The number of piperidine rings is 1. The van der Waals surface area contributed by atoms with Crippen LogP contribution >= 0.6 is 0 Å². The molecule has 1 aromatic heterocycles. The van der Waals surface area contributed by atoms with Gasteiger partial charge in [0.15, 0.2) is 11.5 Å². The van der Waals surface area contributed by atoms with E-state index in [1.165, 1.54) is 13.2 Å². The van der Waals surface area contributed by atoms with Crippen LogP contribution in [-0.2, 0) is 9.53 Å². The second kappa shape index (κ2) is 5.64. The van der Waals surface area contributed by atoms with Gasteiger partial charge in [-0.15, -0.1) is 10.2 Å². The van der Waals surface area contributed by atoms with Gasteiger partial charge in [-0.1, -0.05) is 0 Å². The number of hydrogen-bond acceptors (Lipinski definition) is 6. The maximum atomic E-state index is 11.2. The van der Waals surface area contributed by atoms with Crippen molar-refractivity contribution in [1.29, 1.82) is 0 Å². The highest BCUT2D eigenvalue weighted by Crippen LogP contribution is 2.22. The number of ether oxygens (including phenoxy) is 1. The van der Waals surface area contributed by atoms with E-state index in [-0.39, 0.29) is 5.69 Å². The van der Waals surface area contributed by atoms with Crippen LogP contribution in [0.3, 0.4) is 0 Å². The molecule has 0 saturated carbocycles. The molecule has 1 atom stereocenters. The summed E-state index contributed by atoms with van der Waals surface area (Å²) in [7, 11) is 1.27. The first-order valence-corrected chi connectivity index (χ1v) is 6.05. The first-order valence-electron chi connectivity index (χ1n) is 6.05. The van der Waals surface area contributed by atoms with Crippen LogP contribution in [0.2, 0.25) is 0 Å². The Hall–Kier alpha value is -2.18.